The molecule has 0 aliphatic carbocycles. The van der Waals surface area contributed by atoms with Crippen LogP contribution in [0.1, 0.15) is 34.8 Å². The average Bonchev–Trinajstić information content (AvgIpc) is 3.49. The van der Waals surface area contributed by atoms with Gasteiger partial charge in [0.1, 0.15) is 0 Å². The number of nitrogens with one attached hydrogen (secondary N) is 1. The number of benzene rings is 2. The average molecular weight is 387 g/mol. The minimum atomic E-state index is -0.691. The van der Waals surface area contributed by atoms with E-state index >= 15 is 0 Å². The highest BCUT2D eigenvalue weighted by atomic mass is 16.5. The standard InChI is InChI=1S/C23H21N3O3/c27-21-13-20-23(26(21)19(14-29-23)16-4-2-1-3-5-16)9-11-25(20)22(28)17-7-6-15-8-10-24-18(15)12-17/h1-8,10,12,19-20,24H,9,11,13-14H2/t19-,20+,23-/m0/s1. The number of hydrogen-bond acceptors (Lipinski definition) is 3. The molecule has 0 saturated carbocycles. The van der Waals surface area contributed by atoms with Gasteiger partial charge in [0.2, 0.25) is 5.91 Å². The van der Waals surface area contributed by atoms with Crippen LogP contribution in [-0.2, 0) is 9.53 Å². The van der Waals surface area contributed by atoms with Crippen LogP contribution in [-0.4, -0.2) is 51.5 Å². The van der Waals surface area contributed by atoms with Crippen LogP contribution < -0.4 is 0 Å². The van der Waals surface area contributed by atoms with Crippen molar-refractivity contribution in [2.45, 2.75) is 30.7 Å². The van der Waals surface area contributed by atoms with Crippen molar-refractivity contribution in [1.82, 2.24) is 14.8 Å². The highest BCUT2D eigenvalue weighted by Gasteiger charge is 2.65. The van der Waals surface area contributed by atoms with E-state index in [1.807, 2.05) is 70.6 Å². The molecule has 2 aromatic carbocycles. The Labute approximate surface area is 168 Å². The van der Waals surface area contributed by atoms with Gasteiger partial charge >= 0.3 is 0 Å². The Hall–Kier alpha value is -3.12. The summed E-state index contributed by atoms with van der Waals surface area (Å²) in [5, 5.41) is 1.08. The van der Waals surface area contributed by atoms with E-state index in [0.717, 1.165) is 16.5 Å². The molecule has 1 spiro atoms. The number of aromatic nitrogens is 1. The lowest BCUT2D eigenvalue weighted by atomic mass is 10.0. The predicted octanol–water partition coefficient (Wildman–Crippen LogP) is 3.08. The molecular formula is C23H21N3O3. The van der Waals surface area contributed by atoms with Gasteiger partial charge in [-0.3, -0.25) is 9.59 Å². The number of aromatic amines is 1. The van der Waals surface area contributed by atoms with Crippen LogP contribution in [0.15, 0.2) is 60.8 Å². The number of nitrogens with zero attached hydrogens (tertiary/aromatic N) is 2. The Morgan fingerprint density at radius 1 is 1.14 bits per heavy atom. The van der Waals surface area contributed by atoms with E-state index < -0.39 is 5.72 Å². The van der Waals surface area contributed by atoms with E-state index in [0.29, 0.717) is 31.6 Å². The lowest BCUT2D eigenvalue weighted by molar-refractivity contribution is -0.138. The highest BCUT2D eigenvalue weighted by molar-refractivity contribution is 5.99. The summed E-state index contributed by atoms with van der Waals surface area (Å²) in [5.74, 6) is 0.0310. The Morgan fingerprint density at radius 3 is 2.86 bits per heavy atom. The van der Waals surface area contributed by atoms with E-state index in [2.05, 4.69) is 4.98 Å². The second-order valence-electron chi connectivity index (χ2n) is 8.09. The summed E-state index contributed by atoms with van der Waals surface area (Å²) >= 11 is 0. The van der Waals surface area contributed by atoms with Crippen molar-refractivity contribution < 1.29 is 14.3 Å². The van der Waals surface area contributed by atoms with Crippen LogP contribution in [0.25, 0.3) is 10.9 Å². The van der Waals surface area contributed by atoms with Gasteiger partial charge in [0.05, 0.1) is 25.1 Å². The minimum Gasteiger partial charge on any atom is -0.361 e. The molecule has 0 unspecified atom stereocenters. The van der Waals surface area contributed by atoms with E-state index in [4.69, 9.17) is 4.74 Å². The molecular weight excluding hydrogens is 366 g/mol. The van der Waals surface area contributed by atoms with Crippen LogP contribution in [0, 0.1) is 0 Å². The summed E-state index contributed by atoms with van der Waals surface area (Å²) in [4.78, 5) is 33.2. The van der Waals surface area contributed by atoms with Crippen molar-refractivity contribution >= 4 is 22.7 Å². The molecule has 1 aromatic heterocycles. The Morgan fingerprint density at radius 2 is 2.00 bits per heavy atom. The number of amides is 2. The van der Waals surface area contributed by atoms with Gasteiger partial charge in [-0.2, -0.15) is 0 Å². The summed E-state index contributed by atoms with van der Waals surface area (Å²) in [6.07, 6.45) is 2.84. The van der Waals surface area contributed by atoms with Gasteiger partial charge in [0.25, 0.3) is 5.91 Å². The monoisotopic (exact) mass is 387 g/mol. The van der Waals surface area contributed by atoms with Crippen molar-refractivity contribution in [3.05, 3.63) is 71.9 Å². The number of fused-ring (bicyclic) bond motifs is 1. The van der Waals surface area contributed by atoms with Crippen LogP contribution in [0.3, 0.4) is 0 Å². The zero-order valence-corrected chi connectivity index (χ0v) is 15.9. The number of H-pyrrole nitrogens is 1. The maximum atomic E-state index is 13.3. The summed E-state index contributed by atoms with van der Waals surface area (Å²) in [6.45, 7) is 1.07. The molecule has 6 nitrogen and oxygen atoms in total. The first-order chi connectivity index (χ1) is 14.2. The molecule has 6 heteroatoms. The van der Waals surface area contributed by atoms with E-state index in [9.17, 15) is 9.59 Å². The SMILES string of the molecule is O=C(c1ccc2cc[nH]c2c1)N1CC[C@@]23OC[C@@H](c4ccccc4)N2C(=O)C[C@@H]13. The van der Waals surface area contributed by atoms with Crippen molar-refractivity contribution in [2.75, 3.05) is 13.2 Å². The molecule has 3 aliphatic heterocycles. The van der Waals surface area contributed by atoms with Gasteiger partial charge in [0, 0.05) is 30.2 Å². The molecule has 3 aromatic rings. The van der Waals surface area contributed by atoms with Crippen molar-refractivity contribution in [3.63, 3.8) is 0 Å². The van der Waals surface area contributed by atoms with Gasteiger partial charge in [-0.25, -0.2) is 0 Å². The first-order valence-corrected chi connectivity index (χ1v) is 10.1. The maximum absolute atomic E-state index is 13.3. The zero-order chi connectivity index (χ0) is 19.6. The minimum absolute atomic E-state index is 0.0372. The molecule has 1 N–H and O–H groups in total. The number of carbonyl (C=O) groups is 2. The zero-order valence-electron chi connectivity index (χ0n) is 15.9. The summed E-state index contributed by atoms with van der Waals surface area (Å²) < 4.78 is 6.31. The van der Waals surface area contributed by atoms with Gasteiger partial charge in [-0.1, -0.05) is 36.4 Å². The molecule has 0 bridgehead atoms. The van der Waals surface area contributed by atoms with Crippen molar-refractivity contribution in [3.8, 4) is 0 Å². The van der Waals surface area contributed by atoms with Crippen LogP contribution >= 0.6 is 0 Å². The first kappa shape index (κ1) is 16.8. The van der Waals surface area contributed by atoms with Gasteiger partial charge in [0.15, 0.2) is 5.72 Å². The molecule has 4 heterocycles. The largest absolute Gasteiger partial charge is 0.361 e. The molecule has 29 heavy (non-hydrogen) atoms. The maximum Gasteiger partial charge on any atom is 0.254 e. The quantitative estimate of drug-likeness (QED) is 0.735. The van der Waals surface area contributed by atoms with E-state index in [1.165, 1.54) is 0 Å². The predicted molar refractivity (Wildman–Crippen MR) is 107 cm³/mol. The molecule has 3 atom stereocenters. The Bertz CT molecular complexity index is 1120. The molecule has 3 aliphatic rings. The molecule has 3 fully saturated rings. The summed E-state index contributed by atoms with van der Waals surface area (Å²) in [6, 6.07) is 17.4. The number of hydrogen-bond donors (Lipinski definition) is 1. The van der Waals surface area contributed by atoms with Crippen molar-refractivity contribution in [2.24, 2.45) is 0 Å². The van der Waals surface area contributed by atoms with Crippen molar-refractivity contribution in [1.29, 1.82) is 0 Å². The molecule has 3 saturated heterocycles. The highest BCUT2D eigenvalue weighted by Crippen LogP contribution is 2.51. The van der Waals surface area contributed by atoms with E-state index in [-0.39, 0.29) is 23.9 Å². The fraction of sp³-hybridized carbons (Fsp3) is 0.304. The molecule has 0 radical (unpaired) electrons. The van der Waals surface area contributed by atoms with Gasteiger partial charge in [-0.05, 0) is 29.1 Å². The number of carbonyl (C=O) groups excluding carboxylic acids is 2. The Kier molecular flexibility index (Phi) is 3.44. The Balaban J connectivity index is 1.33. The third kappa shape index (κ3) is 2.26. The summed E-state index contributed by atoms with van der Waals surface area (Å²) in [7, 11) is 0. The van der Waals surface area contributed by atoms with Crippen LogP contribution in [0.5, 0.6) is 0 Å². The lowest BCUT2D eigenvalue weighted by Gasteiger charge is -2.33. The second kappa shape index (κ2) is 5.94. The molecule has 146 valence electrons. The number of ether oxygens (including phenoxy) is 1. The van der Waals surface area contributed by atoms with Gasteiger partial charge in [-0.15, -0.1) is 0 Å². The van der Waals surface area contributed by atoms with Crippen LogP contribution in [0.4, 0.5) is 0 Å². The molecule has 6 rings (SSSR count). The number of likely N-dealkylation sites (tertiary alicyclic amines) is 1. The smallest absolute Gasteiger partial charge is 0.254 e. The third-order valence-electron chi connectivity index (χ3n) is 6.70. The van der Waals surface area contributed by atoms with E-state index in [1.54, 1.807) is 0 Å². The third-order valence-corrected chi connectivity index (χ3v) is 6.70. The topological polar surface area (TPSA) is 65.6 Å². The lowest BCUT2D eigenvalue weighted by Crippen LogP contribution is -2.49. The van der Waals surface area contributed by atoms with Gasteiger partial charge < -0.3 is 19.5 Å². The normalized spacial score (nSPS) is 28.2. The molecule has 2 amide bonds. The fourth-order valence-corrected chi connectivity index (χ4v) is 5.36. The summed E-state index contributed by atoms with van der Waals surface area (Å²) in [5.41, 5.74) is 1.97. The number of rotatable bonds is 2. The second-order valence-corrected chi connectivity index (χ2v) is 8.09. The van der Waals surface area contributed by atoms with Crippen LogP contribution in [0.2, 0.25) is 0 Å². The fourth-order valence-electron chi connectivity index (χ4n) is 5.36. The first-order valence-electron chi connectivity index (χ1n) is 10.1.